The molecule has 0 atom stereocenters. The van der Waals surface area contributed by atoms with Crippen LogP contribution in [0.3, 0.4) is 0 Å². The summed E-state index contributed by atoms with van der Waals surface area (Å²) in [6.45, 7) is 1.94. The molecule has 0 aliphatic carbocycles. The normalized spacial score (nSPS) is 10.5. The Bertz CT molecular complexity index is 1120. The number of nitrogens with two attached hydrogens (primary N) is 2. The van der Waals surface area contributed by atoms with Crippen molar-refractivity contribution in [1.29, 1.82) is 5.26 Å². The van der Waals surface area contributed by atoms with E-state index < -0.39 is 5.97 Å². The van der Waals surface area contributed by atoms with Crippen LogP contribution in [0.15, 0.2) is 18.2 Å². The van der Waals surface area contributed by atoms with Crippen LogP contribution in [-0.4, -0.2) is 26.8 Å². The van der Waals surface area contributed by atoms with Crippen LogP contribution >= 0.6 is 11.3 Å². The Morgan fingerprint density at radius 1 is 1.25 bits per heavy atom. The van der Waals surface area contributed by atoms with E-state index in [1.807, 2.05) is 0 Å². The van der Waals surface area contributed by atoms with Crippen LogP contribution in [-0.2, 0) is 4.74 Å². The van der Waals surface area contributed by atoms with Crippen LogP contribution in [0, 0.1) is 11.3 Å². The van der Waals surface area contributed by atoms with Crippen LogP contribution in [0.5, 0.6) is 11.5 Å². The lowest BCUT2D eigenvalue weighted by Crippen LogP contribution is -2.13. The predicted octanol–water partition coefficient (Wildman–Crippen LogP) is 2.61. The van der Waals surface area contributed by atoms with Crippen LogP contribution in [0.4, 0.5) is 11.5 Å². The van der Waals surface area contributed by atoms with E-state index in [-0.39, 0.29) is 28.6 Å². The number of hydrogen-bond donors (Lipinski definition) is 2. The molecule has 0 saturated heterocycles. The summed E-state index contributed by atoms with van der Waals surface area (Å²) in [7, 11) is 3.06. The Kier molecular flexibility index (Phi) is 5.24. The van der Waals surface area contributed by atoms with Gasteiger partial charge in [0.05, 0.1) is 31.9 Å². The first kappa shape index (κ1) is 19.3. The van der Waals surface area contributed by atoms with Gasteiger partial charge in [0.25, 0.3) is 5.82 Å². The Hall–Kier alpha value is -3.51. The molecule has 2 heterocycles. The highest BCUT2D eigenvalue weighted by Gasteiger charge is 2.27. The number of pyridine rings is 1. The second-order valence-corrected chi connectivity index (χ2v) is 6.76. The highest BCUT2D eigenvalue weighted by atomic mass is 32.1. The van der Waals surface area contributed by atoms with Crippen LogP contribution in [0.1, 0.15) is 22.2 Å². The number of nitrogen functional groups attached to an aromatic ring is 2. The molecule has 9 heteroatoms. The second-order valence-electron chi connectivity index (χ2n) is 5.74. The van der Waals surface area contributed by atoms with E-state index in [1.54, 1.807) is 25.1 Å². The lowest BCUT2D eigenvalue weighted by molar-refractivity contribution is -0.323. The molecule has 0 bridgehead atoms. The van der Waals surface area contributed by atoms with Gasteiger partial charge in [0, 0.05) is 5.56 Å². The number of carbonyl (C=O) groups excluding carboxylic acids is 1. The molecule has 2 aromatic heterocycles. The van der Waals surface area contributed by atoms with Gasteiger partial charge in [-0.1, -0.05) is 17.4 Å². The van der Waals surface area contributed by atoms with Crippen molar-refractivity contribution in [3.63, 3.8) is 0 Å². The van der Waals surface area contributed by atoms with Crippen molar-refractivity contribution in [2.24, 2.45) is 0 Å². The van der Waals surface area contributed by atoms with Crippen molar-refractivity contribution in [1.82, 2.24) is 0 Å². The second kappa shape index (κ2) is 7.62. The van der Waals surface area contributed by atoms with E-state index in [9.17, 15) is 10.1 Å². The maximum atomic E-state index is 12.3. The molecule has 3 rings (SSSR count). The maximum Gasteiger partial charge on any atom is 0.350 e. The smallest absolute Gasteiger partial charge is 0.350 e. The standard InChI is InChI=1S/C19H18N4O4S/c1-4-27-19(24)16-15(21)14-13(10(8-20)17(22)23-18(14)28-16)9-5-6-11(25-2)12(7-9)26-3/h5-7H,4,21H2,1-3H3,(H2,22,23)/p+1. The monoisotopic (exact) mass is 399 g/mol. The topological polar surface area (TPSA) is 135 Å². The van der Waals surface area contributed by atoms with Gasteiger partial charge >= 0.3 is 5.97 Å². The largest absolute Gasteiger partial charge is 0.493 e. The van der Waals surface area contributed by atoms with Crippen molar-refractivity contribution >= 4 is 39.0 Å². The summed E-state index contributed by atoms with van der Waals surface area (Å²) in [6, 6.07) is 7.35. The summed E-state index contributed by atoms with van der Waals surface area (Å²) < 4.78 is 15.7. The number of esters is 1. The zero-order valence-corrected chi connectivity index (χ0v) is 16.4. The summed E-state index contributed by atoms with van der Waals surface area (Å²) in [4.78, 5) is 16.1. The van der Waals surface area contributed by atoms with Crippen LogP contribution in [0.25, 0.3) is 21.3 Å². The number of nitrogens with zero attached hydrogens (tertiary/aromatic N) is 1. The number of methoxy groups -OCH3 is 2. The highest BCUT2D eigenvalue weighted by molar-refractivity contribution is 7.20. The lowest BCUT2D eigenvalue weighted by atomic mass is 9.97. The van der Waals surface area contributed by atoms with Gasteiger partial charge in [-0.05, 0) is 24.6 Å². The Labute approximate surface area is 165 Å². The molecule has 0 unspecified atom stereocenters. The Morgan fingerprint density at radius 3 is 2.57 bits per heavy atom. The average Bonchev–Trinajstić information content (AvgIpc) is 3.02. The number of aromatic nitrogens is 1. The van der Waals surface area contributed by atoms with Gasteiger partial charge in [0.2, 0.25) is 0 Å². The van der Waals surface area contributed by atoms with Crippen molar-refractivity contribution in [2.45, 2.75) is 6.92 Å². The van der Waals surface area contributed by atoms with Gasteiger partial charge in [-0.25, -0.2) is 9.78 Å². The first-order valence-corrected chi connectivity index (χ1v) is 9.14. The number of nitrogens with one attached hydrogen (secondary N) is 1. The molecule has 0 radical (unpaired) electrons. The third kappa shape index (κ3) is 3.04. The van der Waals surface area contributed by atoms with Crippen LogP contribution < -0.4 is 25.9 Å². The molecule has 28 heavy (non-hydrogen) atoms. The maximum absolute atomic E-state index is 12.3. The summed E-state index contributed by atoms with van der Waals surface area (Å²) >= 11 is 1.13. The Morgan fingerprint density at radius 2 is 1.96 bits per heavy atom. The number of benzene rings is 1. The number of nitriles is 1. The highest BCUT2D eigenvalue weighted by Crippen LogP contribution is 2.43. The van der Waals surface area contributed by atoms with E-state index in [0.29, 0.717) is 32.8 Å². The van der Waals surface area contributed by atoms with Gasteiger partial charge in [-0.15, -0.1) is 0 Å². The van der Waals surface area contributed by atoms with Crippen molar-refractivity contribution in [2.75, 3.05) is 32.3 Å². The van der Waals surface area contributed by atoms with Crippen molar-refractivity contribution < 1.29 is 24.0 Å². The average molecular weight is 399 g/mol. The molecule has 3 aromatic rings. The molecule has 5 N–H and O–H groups in total. The Balaban J connectivity index is 2.38. The van der Waals surface area contributed by atoms with E-state index in [4.69, 9.17) is 25.7 Å². The van der Waals surface area contributed by atoms with Crippen molar-refractivity contribution in [3.8, 4) is 28.7 Å². The summed E-state index contributed by atoms with van der Waals surface area (Å²) in [6.07, 6.45) is 0. The molecular formula is C19H19N4O4S+. The quantitative estimate of drug-likeness (QED) is 0.630. The fourth-order valence-electron chi connectivity index (χ4n) is 2.97. The summed E-state index contributed by atoms with van der Waals surface area (Å²) in [5.74, 6) is 0.686. The number of hydrogen-bond acceptors (Lipinski definition) is 8. The molecule has 8 nitrogen and oxygen atoms in total. The summed E-state index contributed by atoms with van der Waals surface area (Å²) in [5.41, 5.74) is 14.0. The molecule has 0 spiro atoms. The zero-order valence-electron chi connectivity index (χ0n) is 15.6. The van der Waals surface area contributed by atoms with Gasteiger partial charge in [-0.3, -0.25) is 5.73 Å². The fraction of sp³-hybridized carbons (Fsp3) is 0.211. The number of rotatable bonds is 5. The summed E-state index contributed by atoms with van der Waals surface area (Å²) in [5, 5.41) is 10.2. The number of carbonyl (C=O) groups is 1. The number of anilines is 2. The minimum atomic E-state index is -0.523. The molecule has 0 amide bonds. The SMILES string of the molecule is CCOC(=O)c1sc2[nH+]c(N)c(C#N)c(-c3ccc(OC)c(OC)c3)c2c1N. The third-order valence-electron chi connectivity index (χ3n) is 4.21. The number of aromatic amines is 1. The van der Waals surface area contributed by atoms with Crippen molar-refractivity contribution in [3.05, 3.63) is 28.6 Å². The predicted molar refractivity (Wildman–Crippen MR) is 106 cm³/mol. The third-order valence-corrected chi connectivity index (χ3v) is 5.31. The first-order chi connectivity index (χ1) is 13.5. The van der Waals surface area contributed by atoms with E-state index in [2.05, 4.69) is 11.1 Å². The van der Waals surface area contributed by atoms with Gasteiger partial charge in [0.1, 0.15) is 16.5 Å². The number of fused-ring (bicyclic) bond motifs is 1. The zero-order chi connectivity index (χ0) is 20.4. The first-order valence-electron chi connectivity index (χ1n) is 8.33. The molecule has 1 aromatic carbocycles. The van der Waals surface area contributed by atoms with Gasteiger partial charge in [0.15, 0.2) is 16.3 Å². The number of ether oxygens (including phenoxy) is 3. The molecule has 0 saturated carbocycles. The number of H-pyrrole nitrogens is 1. The minimum Gasteiger partial charge on any atom is -0.493 e. The van der Waals surface area contributed by atoms with E-state index in [1.165, 1.54) is 14.2 Å². The number of thiophene rings is 1. The van der Waals surface area contributed by atoms with Gasteiger partial charge < -0.3 is 19.9 Å². The lowest BCUT2D eigenvalue weighted by Gasteiger charge is -2.11. The molecular weight excluding hydrogens is 380 g/mol. The molecule has 144 valence electrons. The molecule has 0 fully saturated rings. The minimum absolute atomic E-state index is 0.177. The fourth-order valence-corrected chi connectivity index (χ4v) is 4.00. The van der Waals surface area contributed by atoms with E-state index >= 15 is 0 Å². The molecule has 0 aliphatic rings. The van der Waals surface area contributed by atoms with Crippen LogP contribution in [0.2, 0.25) is 0 Å². The van der Waals surface area contributed by atoms with Gasteiger partial charge in [-0.2, -0.15) is 5.26 Å². The van der Waals surface area contributed by atoms with E-state index in [0.717, 1.165) is 11.3 Å². The molecule has 0 aliphatic heterocycles.